The minimum absolute atomic E-state index is 0. The van der Waals surface area contributed by atoms with Crippen LogP contribution in [0.25, 0.3) is 0 Å². The van der Waals surface area contributed by atoms with E-state index in [2.05, 4.69) is 41.2 Å². The zero-order chi connectivity index (χ0) is 12.8. The van der Waals surface area contributed by atoms with Crippen molar-refractivity contribution in [3.63, 3.8) is 0 Å². The molecule has 1 saturated heterocycles. The summed E-state index contributed by atoms with van der Waals surface area (Å²) in [5.74, 6) is 0.128. The third-order valence-electron chi connectivity index (χ3n) is 3.25. The van der Waals surface area contributed by atoms with Crippen molar-refractivity contribution in [1.29, 1.82) is 0 Å². The number of rotatable bonds is 4. The van der Waals surface area contributed by atoms with E-state index >= 15 is 0 Å². The van der Waals surface area contributed by atoms with Gasteiger partial charge in [-0.3, -0.25) is 4.79 Å². The SMILES string of the molecule is CSc1ccc(CNC(=O)C2CCCCN2)cc1.Cl. The number of carbonyl (C=O) groups is 1. The Balaban J connectivity index is 0.00000180. The van der Waals surface area contributed by atoms with Crippen LogP contribution in [0.4, 0.5) is 0 Å². The van der Waals surface area contributed by atoms with E-state index in [1.807, 2.05) is 0 Å². The molecule has 0 bridgehead atoms. The first-order chi connectivity index (χ1) is 8.79. The number of thioether (sulfide) groups is 1. The van der Waals surface area contributed by atoms with Crippen LogP contribution >= 0.6 is 24.2 Å². The van der Waals surface area contributed by atoms with Crippen molar-refractivity contribution in [2.24, 2.45) is 0 Å². The molecule has 5 heteroatoms. The van der Waals surface area contributed by atoms with Crippen LogP contribution in [0.5, 0.6) is 0 Å². The topological polar surface area (TPSA) is 41.1 Å². The second-order valence-electron chi connectivity index (χ2n) is 4.57. The van der Waals surface area contributed by atoms with Crippen molar-refractivity contribution < 1.29 is 4.79 Å². The standard InChI is InChI=1S/C14H20N2OS.ClH/c1-18-12-7-5-11(6-8-12)10-16-14(17)13-4-2-3-9-15-13;/h5-8,13,15H,2-4,9-10H2,1H3,(H,16,17);1H. The number of halogens is 1. The van der Waals surface area contributed by atoms with E-state index in [0.29, 0.717) is 6.54 Å². The van der Waals surface area contributed by atoms with Crippen molar-refractivity contribution in [3.8, 4) is 0 Å². The Morgan fingerprint density at radius 1 is 1.37 bits per heavy atom. The fourth-order valence-corrected chi connectivity index (χ4v) is 2.54. The summed E-state index contributed by atoms with van der Waals surface area (Å²) in [5.41, 5.74) is 1.15. The average molecular weight is 301 g/mol. The highest BCUT2D eigenvalue weighted by molar-refractivity contribution is 7.98. The lowest BCUT2D eigenvalue weighted by molar-refractivity contribution is -0.123. The maximum Gasteiger partial charge on any atom is 0.237 e. The van der Waals surface area contributed by atoms with E-state index in [-0.39, 0.29) is 24.4 Å². The molecule has 106 valence electrons. The molecule has 0 aliphatic carbocycles. The Morgan fingerprint density at radius 2 is 2.11 bits per heavy atom. The molecule has 1 aliphatic rings. The van der Waals surface area contributed by atoms with Gasteiger partial charge in [-0.05, 0) is 43.3 Å². The predicted octanol–water partition coefficient (Wildman–Crippen LogP) is 2.59. The molecule has 3 nitrogen and oxygen atoms in total. The summed E-state index contributed by atoms with van der Waals surface area (Å²) in [4.78, 5) is 13.2. The lowest BCUT2D eigenvalue weighted by Gasteiger charge is -2.22. The smallest absolute Gasteiger partial charge is 0.237 e. The second kappa shape index (κ2) is 8.46. The van der Waals surface area contributed by atoms with Crippen molar-refractivity contribution in [1.82, 2.24) is 10.6 Å². The highest BCUT2D eigenvalue weighted by Gasteiger charge is 2.19. The molecule has 1 amide bonds. The molecule has 2 N–H and O–H groups in total. The molecule has 0 aromatic heterocycles. The van der Waals surface area contributed by atoms with Gasteiger partial charge in [0.15, 0.2) is 0 Å². The minimum atomic E-state index is 0. The first kappa shape index (κ1) is 16.3. The van der Waals surface area contributed by atoms with Crippen LogP contribution in [0.3, 0.4) is 0 Å². The summed E-state index contributed by atoms with van der Waals surface area (Å²) in [6, 6.07) is 8.32. The number of amides is 1. The Morgan fingerprint density at radius 3 is 2.68 bits per heavy atom. The molecule has 1 heterocycles. The molecule has 0 saturated carbocycles. The van der Waals surface area contributed by atoms with E-state index in [9.17, 15) is 4.79 Å². The molecule has 0 radical (unpaired) electrons. The third-order valence-corrected chi connectivity index (χ3v) is 4.00. The summed E-state index contributed by atoms with van der Waals surface area (Å²) in [5, 5.41) is 6.26. The quantitative estimate of drug-likeness (QED) is 0.840. The van der Waals surface area contributed by atoms with Gasteiger partial charge in [-0.1, -0.05) is 18.6 Å². The summed E-state index contributed by atoms with van der Waals surface area (Å²) in [6.07, 6.45) is 5.34. The van der Waals surface area contributed by atoms with Crippen molar-refractivity contribution in [2.75, 3.05) is 12.8 Å². The monoisotopic (exact) mass is 300 g/mol. The van der Waals surface area contributed by atoms with Gasteiger partial charge in [0.25, 0.3) is 0 Å². The Labute approximate surface area is 125 Å². The van der Waals surface area contributed by atoms with Crippen LogP contribution in [0.15, 0.2) is 29.2 Å². The van der Waals surface area contributed by atoms with E-state index < -0.39 is 0 Å². The zero-order valence-corrected chi connectivity index (χ0v) is 12.8. The van der Waals surface area contributed by atoms with Gasteiger partial charge in [0.2, 0.25) is 5.91 Å². The van der Waals surface area contributed by atoms with Gasteiger partial charge < -0.3 is 10.6 Å². The summed E-state index contributed by atoms with van der Waals surface area (Å²) in [6.45, 7) is 1.58. The molecule has 1 atom stereocenters. The summed E-state index contributed by atoms with van der Waals surface area (Å²) in [7, 11) is 0. The number of carbonyl (C=O) groups excluding carboxylic acids is 1. The largest absolute Gasteiger partial charge is 0.351 e. The van der Waals surface area contributed by atoms with Crippen LogP contribution in [-0.4, -0.2) is 24.7 Å². The van der Waals surface area contributed by atoms with E-state index in [1.165, 1.54) is 11.3 Å². The Kier molecular flexibility index (Phi) is 7.28. The van der Waals surface area contributed by atoms with Crippen LogP contribution in [0, 0.1) is 0 Å². The van der Waals surface area contributed by atoms with E-state index in [1.54, 1.807) is 11.8 Å². The fraction of sp³-hybridized carbons (Fsp3) is 0.500. The van der Waals surface area contributed by atoms with Gasteiger partial charge in [0, 0.05) is 11.4 Å². The molecular formula is C14H21ClN2OS. The minimum Gasteiger partial charge on any atom is -0.351 e. The van der Waals surface area contributed by atoms with Gasteiger partial charge in [-0.2, -0.15) is 0 Å². The number of hydrogen-bond acceptors (Lipinski definition) is 3. The highest BCUT2D eigenvalue weighted by atomic mass is 35.5. The summed E-state index contributed by atoms with van der Waals surface area (Å²) < 4.78 is 0. The highest BCUT2D eigenvalue weighted by Crippen LogP contribution is 2.14. The first-order valence-electron chi connectivity index (χ1n) is 6.43. The van der Waals surface area contributed by atoms with Gasteiger partial charge in [-0.15, -0.1) is 24.2 Å². The maximum absolute atomic E-state index is 11.9. The molecule has 1 aromatic rings. The van der Waals surface area contributed by atoms with Gasteiger partial charge >= 0.3 is 0 Å². The molecule has 0 spiro atoms. The number of benzene rings is 1. The van der Waals surface area contributed by atoms with Crippen LogP contribution in [0.2, 0.25) is 0 Å². The third kappa shape index (κ3) is 5.05. The van der Waals surface area contributed by atoms with E-state index in [4.69, 9.17) is 0 Å². The maximum atomic E-state index is 11.9. The van der Waals surface area contributed by atoms with Crippen molar-refractivity contribution in [2.45, 2.75) is 36.7 Å². The molecule has 1 aliphatic heterocycles. The van der Waals surface area contributed by atoms with Crippen molar-refractivity contribution >= 4 is 30.1 Å². The second-order valence-corrected chi connectivity index (χ2v) is 5.45. The van der Waals surface area contributed by atoms with Gasteiger partial charge in [-0.25, -0.2) is 0 Å². The Hall–Kier alpha value is -0.710. The lowest BCUT2D eigenvalue weighted by atomic mass is 10.0. The normalized spacial score (nSPS) is 18.5. The molecule has 1 fully saturated rings. The number of hydrogen-bond donors (Lipinski definition) is 2. The Bertz CT molecular complexity index is 391. The molecule has 2 rings (SSSR count). The number of piperidine rings is 1. The molecule has 1 aromatic carbocycles. The number of nitrogens with one attached hydrogen (secondary N) is 2. The van der Waals surface area contributed by atoms with E-state index in [0.717, 1.165) is 24.9 Å². The fourth-order valence-electron chi connectivity index (χ4n) is 2.13. The summed E-state index contributed by atoms with van der Waals surface area (Å²) >= 11 is 1.73. The lowest BCUT2D eigenvalue weighted by Crippen LogP contribution is -2.46. The first-order valence-corrected chi connectivity index (χ1v) is 7.66. The van der Waals surface area contributed by atoms with Gasteiger partial charge in [0.1, 0.15) is 0 Å². The predicted molar refractivity (Wildman–Crippen MR) is 83.0 cm³/mol. The van der Waals surface area contributed by atoms with Crippen LogP contribution < -0.4 is 10.6 Å². The van der Waals surface area contributed by atoms with Crippen molar-refractivity contribution in [3.05, 3.63) is 29.8 Å². The molecular weight excluding hydrogens is 280 g/mol. The molecule has 19 heavy (non-hydrogen) atoms. The molecule has 1 unspecified atom stereocenters. The van der Waals surface area contributed by atoms with Gasteiger partial charge in [0.05, 0.1) is 6.04 Å². The zero-order valence-electron chi connectivity index (χ0n) is 11.1. The average Bonchev–Trinajstić information content (AvgIpc) is 2.46. The van der Waals surface area contributed by atoms with Crippen LogP contribution in [-0.2, 0) is 11.3 Å². The van der Waals surface area contributed by atoms with Crippen LogP contribution in [0.1, 0.15) is 24.8 Å².